The van der Waals surface area contributed by atoms with E-state index in [9.17, 15) is 4.79 Å². The molecule has 2 aromatic heterocycles. The molecule has 0 atom stereocenters. The van der Waals surface area contributed by atoms with Gasteiger partial charge in [0.1, 0.15) is 0 Å². The first kappa shape index (κ1) is 16.3. The van der Waals surface area contributed by atoms with Crippen LogP contribution in [-0.2, 0) is 7.05 Å². The summed E-state index contributed by atoms with van der Waals surface area (Å²) in [7, 11) is 1.80. The molecule has 3 rings (SSSR count). The molecule has 0 fully saturated rings. The normalized spacial score (nSPS) is 11.0. The highest BCUT2D eigenvalue weighted by atomic mass is 35.5. The fourth-order valence-electron chi connectivity index (χ4n) is 2.54. The van der Waals surface area contributed by atoms with E-state index in [0.29, 0.717) is 16.4 Å². The van der Waals surface area contributed by atoms with Gasteiger partial charge in [-0.1, -0.05) is 25.4 Å². The highest BCUT2D eigenvalue weighted by Crippen LogP contribution is 2.24. The van der Waals surface area contributed by atoms with Crippen LogP contribution in [0, 0.1) is 0 Å². The Morgan fingerprint density at radius 3 is 2.50 bits per heavy atom. The zero-order chi connectivity index (χ0) is 17.3. The molecule has 2 heterocycles. The van der Waals surface area contributed by atoms with Gasteiger partial charge in [0.25, 0.3) is 5.91 Å². The first-order chi connectivity index (χ1) is 11.5. The summed E-state index contributed by atoms with van der Waals surface area (Å²) in [6.07, 6.45) is 3.36. The molecule has 24 heavy (non-hydrogen) atoms. The topological polar surface area (TPSA) is 64.7 Å². The van der Waals surface area contributed by atoms with Crippen molar-refractivity contribution >= 4 is 23.3 Å². The minimum absolute atomic E-state index is 0.118. The average Bonchev–Trinajstić information content (AvgIpc) is 3.14. The van der Waals surface area contributed by atoms with Crippen molar-refractivity contribution in [2.45, 2.75) is 19.8 Å². The van der Waals surface area contributed by atoms with Crippen molar-refractivity contribution in [2.24, 2.45) is 7.05 Å². The van der Waals surface area contributed by atoms with Crippen LogP contribution >= 0.6 is 11.6 Å². The molecule has 3 aromatic rings. The molecule has 0 aliphatic heterocycles. The monoisotopic (exact) mass is 343 g/mol. The predicted molar refractivity (Wildman–Crippen MR) is 93.8 cm³/mol. The van der Waals surface area contributed by atoms with Crippen LogP contribution in [0.3, 0.4) is 0 Å². The summed E-state index contributed by atoms with van der Waals surface area (Å²) in [6, 6.07) is 9.10. The van der Waals surface area contributed by atoms with Gasteiger partial charge in [0.15, 0.2) is 5.82 Å². The van der Waals surface area contributed by atoms with Crippen LogP contribution in [0.4, 0.5) is 5.82 Å². The fourth-order valence-corrected chi connectivity index (χ4v) is 2.67. The second-order valence-corrected chi connectivity index (χ2v) is 6.25. The Balaban J connectivity index is 1.96. The lowest BCUT2D eigenvalue weighted by molar-refractivity contribution is 0.102. The smallest absolute Gasteiger partial charge is 0.260 e. The molecule has 7 heteroatoms. The van der Waals surface area contributed by atoms with Gasteiger partial charge in [-0.3, -0.25) is 9.48 Å². The van der Waals surface area contributed by atoms with Crippen LogP contribution in [0.25, 0.3) is 5.69 Å². The van der Waals surface area contributed by atoms with Crippen molar-refractivity contribution in [3.63, 3.8) is 0 Å². The maximum atomic E-state index is 12.6. The summed E-state index contributed by atoms with van der Waals surface area (Å²) in [5.74, 6) is 0.404. The molecule has 0 aliphatic carbocycles. The summed E-state index contributed by atoms with van der Waals surface area (Å²) in [5, 5.41) is 12.0. The number of hydrogen-bond donors (Lipinski definition) is 1. The minimum Gasteiger partial charge on any atom is -0.305 e. The highest BCUT2D eigenvalue weighted by molar-refractivity contribution is 6.30. The van der Waals surface area contributed by atoms with Gasteiger partial charge in [-0.15, -0.1) is 0 Å². The van der Waals surface area contributed by atoms with Crippen LogP contribution < -0.4 is 5.32 Å². The Morgan fingerprint density at radius 1 is 1.21 bits per heavy atom. The molecule has 0 saturated heterocycles. The quantitative estimate of drug-likeness (QED) is 0.786. The second-order valence-electron chi connectivity index (χ2n) is 5.82. The van der Waals surface area contributed by atoms with Gasteiger partial charge < -0.3 is 5.32 Å². The number of aryl methyl sites for hydroxylation is 1. The third kappa shape index (κ3) is 3.19. The van der Waals surface area contributed by atoms with E-state index in [1.54, 1.807) is 47.0 Å². The number of carbonyl (C=O) groups is 1. The standard InChI is InChI=1S/C17H18ClN5O/c1-11(2)16-14(17(24)20-15-8-9-22(3)21-15)10-19-23(16)13-6-4-12(18)5-7-13/h4-11H,1-3H3,(H,20,21,24). The molecule has 1 aromatic carbocycles. The number of amides is 1. The van der Waals surface area contributed by atoms with Gasteiger partial charge in [0.2, 0.25) is 0 Å². The van der Waals surface area contributed by atoms with Crippen molar-refractivity contribution < 1.29 is 4.79 Å². The maximum absolute atomic E-state index is 12.6. The van der Waals surface area contributed by atoms with E-state index in [-0.39, 0.29) is 11.8 Å². The number of carbonyl (C=O) groups excluding carboxylic acids is 1. The van der Waals surface area contributed by atoms with E-state index in [1.807, 2.05) is 26.0 Å². The van der Waals surface area contributed by atoms with Crippen LogP contribution in [0.15, 0.2) is 42.7 Å². The van der Waals surface area contributed by atoms with Gasteiger partial charge >= 0.3 is 0 Å². The minimum atomic E-state index is -0.224. The number of aromatic nitrogens is 4. The van der Waals surface area contributed by atoms with Gasteiger partial charge in [-0.2, -0.15) is 10.2 Å². The number of hydrogen-bond acceptors (Lipinski definition) is 3. The van der Waals surface area contributed by atoms with E-state index in [1.165, 1.54) is 0 Å². The first-order valence-electron chi connectivity index (χ1n) is 7.60. The lowest BCUT2D eigenvalue weighted by Gasteiger charge is -2.12. The van der Waals surface area contributed by atoms with Crippen LogP contribution in [0.1, 0.15) is 35.8 Å². The largest absolute Gasteiger partial charge is 0.305 e. The summed E-state index contributed by atoms with van der Waals surface area (Å²) in [5.41, 5.74) is 2.23. The maximum Gasteiger partial charge on any atom is 0.260 e. The molecule has 0 bridgehead atoms. The van der Waals surface area contributed by atoms with E-state index < -0.39 is 0 Å². The van der Waals surface area contributed by atoms with Crippen LogP contribution in [0.2, 0.25) is 5.02 Å². The first-order valence-corrected chi connectivity index (χ1v) is 7.98. The number of nitrogens with one attached hydrogen (secondary N) is 1. The van der Waals surface area contributed by atoms with Crippen molar-refractivity contribution in [3.8, 4) is 5.69 Å². The average molecular weight is 344 g/mol. The molecule has 0 spiro atoms. The van der Waals surface area contributed by atoms with E-state index >= 15 is 0 Å². The lowest BCUT2D eigenvalue weighted by Crippen LogP contribution is -2.16. The molecule has 0 unspecified atom stereocenters. The molecule has 0 aliphatic rings. The Kier molecular flexibility index (Phi) is 4.40. The lowest BCUT2D eigenvalue weighted by atomic mass is 10.1. The number of halogens is 1. The molecule has 124 valence electrons. The number of nitrogens with zero attached hydrogens (tertiary/aromatic N) is 4. The van der Waals surface area contributed by atoms with Crippen molar-refractivity contribution in [3.05, 3.63) is 59.0 Å². The molecule has 1 amide bonds. The van der Waals surface area contributed by atoms with Gasteiger partial charge in [0, 0.05) is 24.3 Å². The number of rotatable bonds is 4. The fraction of sp³-hybridized carbons (Fsp3) is 0.235. The third-order valence-electron chi connectivity index (χ3n) is 3.62. The summed E-state index contributed by atoms with van der Waals surface area (Å²) in [6.45, 7) is 4.06. The second kappa shape index (κ2) is 6.49. The van der Waals surface area contributed by atoms with Crippen molar-refractivity contribution in [2.75, 3.05) is 5.32 Å². The van der Waals surface area contributed by atoms with E-state index in [2.05, 4.69) is 15.5 Å². The highest BCUT2D eigenvalue weighted by Gasteiger charge is 2.21. The SMILES string of the molecule is CC(C)c1c(C(=O)Nc2ccn(C)n2)cnn1-c1ccc(Cl)cc1. The molecular formula is C17H18ClN5O. The van der Waals surface area contributed by atoms with Crippen molar-refractivity contribution in [1.29, 1.82) is 0 Å². The van der Waals surface area contributed by atoms with Gasteiger partial charge in [-0.25, -0.2) is 4.68 Å². The summed E-state index contributed by atoms with van der Waals surface area (Å²) in [4.78, 5) is 12.6. The summed E-state index contributed by atoms with van der Waals surface area (Å²) < 4.78 is 3.41. The van der Waals surface area contributed by atoms with Crippen molar-refractivity contribution in [1.82, 2.24) is 19.6 Å². The Morgan fingerprint density at radius 2 is 1.92 bits per heavy atom. The van der Waals surface area contributed by atoms with Crippen LogP contribution in [0.5, 0.6) is 0 Å². The Hall–Kier alpha value is -2.60. The molecule has 6 nitrogen and oxygen atoms in total. The summed E-state index contributed by atoms with van der Waals surface area (Å²) >= 11 is 5.95. The predicted octanol–water partition coefficient (Wildman–Crippen LogP) is 3.63. The van der Waals surface area contributed by atoms with E-state index in [0.717, 1.165) is 11.4 Å². The third-order valence-corrected chi connectivity index (χ3v) is 3.88. The molecule has 1 N–H and O–H groups in total. The molecule has 0 saturated carbocycles. The van der Waals surface area contributed by atoms with Gasteiger partial charge in [-0.05, 0) is 30.2 Å². The molecule has 0 radical (unpaired) electrons. The molecular weight excluding hydrogens is 326 g/mol. The number of benzene rings is 1. The Bertz CT molecular complexity index is 863. The zero-order valence-electron chi connectivity index (χ0n) is 13.7. The van der Waals surface area contributed by atoms with E-state index in [4.69, 9.17) is 11.6 Å². The van der Waals surface area contributed by atoms with Gasteiger partial charge in [0.05, 0.1) is 23.1 Å². The number of anilines is 1. The zero-order valence-corrected chi connectivity index (χ0v) is 14.4. The Labute approximate surface area is 145 Å². The van der Waals surface area contributed by atoms with Crippen LogP contribution in [-0.4, -0.2) is 25.5 Å².